The molecule has 7 heteroatoms. The Balaban J connectivity index is 2.05. The molecule has 0 saturated carbocycles. The van der Waals surface area contributed by atoms with Crippen LogP contribution in [0.1, 0.15) is 31.2 Å². The smallest absolute Gasteiger partial charge is 0.416 e. The van der Waals surface area contributed by atoms with Gasteiger partial charge in [-0.05, 0) is 37.3 Å². The van der Waals surface area contributed by atoms with Gasteiger partial charge in [-0.2, -0.15) is 13.2 Å². The number of carboxylic acids is 1. The molecule has 116 valence electrons. The van der Waals surface area contributed by atoms with Crippen molar-refractivity contribution < 1.29 is 23.1 Å². The summed E-state index contributed by atoms with van der Waals surface area (Å²) in [5.41, 5.74) is -0.708. The molecule has 1 atom stereocenters. The molecule has 0 amide bonds. The normalized spacial score (nSPS) is 19.6. The van der Waals surface area contributed by atoms with E-state index in [0.29, 0.717) is 25.3 Å². The number of hydrogen-bond acceptors (Lipinski definition) is 3. The lowest BCUT2D eigenvalue weighted by Crippen LogP contribution is -2.36. The summed E-state index contributed by atoms with van der Waals surface area (Å²) in [7, 11) is 0. The molecular weight excluding hydrogens is 285 g/mol. The van der Waals surface area contributed by atoms with Crippen LogP contribution < -0.4 is 4.90 Å². The average Bonchev–Trinajstić information content (AvgIpc) is 2.45. The molecule has 2 rings (SSSR count). The Morgan fingerprint density at radius 1 is 1.48 bits per heavy atom. The molecule has 21 heavy (non-hydrogen) atoms. The molecule has 1 N–H and O–H groups in total. The molecule has 2 heterocycles. The molecule has 0 aromatic carbocycles. The standard InChI is InChI=1S/C14H17F3N2O2/c15-14(16,17)11-5-6-18-12(8-11)19-7-1-2-10(9-19)3-4-13(20)21/h5-6,8,10H,1-4,7,9H2,(H,20,21). The molecule has 0 bridgehead atoms. The first kappa shape index (κ1) is 15.6. The van der Waals surface area contributed by atoms with Gasteiger partial charge in [-0.1, -0.05) is 0 Å². The number of alkyl halides is 3. The van der Waals surface area contributed by atoms with Crippen LogP contribution >= 0.6 is 0 Å². The van der Waals surface area contributed by atoms with Gasteiger partial charge in [-0.15, -0.1) is 0 Å². The molecule has 1 aliphatic rings. The molecule has 4 nitrogen and oxygen atoms in total. The van der Waals surface area contributed by atoms with Crippen LogP contribution in [-0.4, -0.2) is 29.1 Å². The molecule has 0 spiro atoms. The molecule has 1 aromatic heterocycles. The third kappa shape index (κ3) is 4.34. The minimum Gasteiger partial charge on any atom is -0.481 e. The molecule has 1 saturated heterocycles. The van der Waals surface area contributed by atoms with Gasteiger partial charge in [0.15, 0.2) is 0 Å². The van der Waals surface area contributed by atoms with Crippen molar-refractivity contribution in [3.05, 3.63) is 23.9 Å². The Hall–Kier alpha value is -1.79. The number of hydrogen-bond donors (Lipinski definition) is 1. The van der Waals surface area contributed by atoms with Gasteiger partial charge < -0.3 is 10.0 Å². The SMILES string of the molecule is O=C(O)CCC1CCCN(c2cc(C(F)(F)F)ccn2)C1. The van der Waals surface area contributed by atoms with Gasteiger partial charge in [0.05, 0.1) is 5.56 Å². The second kappa shape index (κ2) is 6.32. The lowest BCUT2D eigenvalue weighted by Gasteiger charge is -2.33. The van der Waals surface area contributed by atoms with Gasteiger partial charge in [0.25, 0.3) is 0 Å². The van der Waals surface area contributed by atoms with E-state index < -0.39 is 17.7 Å². The first-order valence-corrected chi connectivity index (χ1v) is 6.86. The summed E-state index contributed by atoms with van der Waals surface area (Å²) < 4.78 is 38.1. The predicted octanol–water partition coefficient (Wildman–Crippen LogP) is 3.18. The third-order valence-electron chi connectivity index (χ3n) is 3.68. The fraction of sp³-hybridized carbons (Fsp3) is 0.571. The lowest BCUT2D eigenvalue weighted by atomic mass is 9.93. The van der Waals surface area contributed by atoms with E-state index in [4.69, 9.17) is 5.11 Å². The van der Waals surface area contributed by atoms with Crippen LogP contribution in [0.3, 0.4) is 0 Å². The summed E-state index contributed by atoms with van der Waals surface area (Å²) in [4.78, 5) is 16.4. The number of piperidine rings is 1. The highest BCUT2D eigenvalue weighted by atomic mass is 19.4. The quantitative estimate of drug-likeness (QED) is 0.928. The summed E-state index contributed by atoms with van der Waals surface area (Å²) in [5.74, 6) is -0.347. The van der Waals surface area contributed by atoms with Gasteiger partial charge in [0.2, 0.25) is 0 Å². The molecule has 1 aliphatic heterocycles. The Morgan fingerprint density at radius 2 is 2.24 bits per heavy atom. The first-order chi connectivity index (χ1) is 9.86. The minimum atomic E-state index is -4.38. The molecule has 0 aliphatic carbocycles. The van der Waals surface area contributed by atoms with Crippen LogP contribution in [0, 0.1) is 5.92 Å². The summed E-state index contributed by atoms with van der Waals surface area (Å²) in [6, 6.07) is 2.01. The Morgan fingerprint density at radius 3 is 2.90 bits per heavy atom. The Kier molecular flexibility index (Phi) is 4.69. The maximum atomic E-state index is 12.7. The number of rotatable bonds is 4. The third-order valence-corrected chi connectivity index (χ3v) is 3.68. The van der Waals surface area contributed by atoms with E-state index in [-0.39, 0.29) is 12.3 Å². The fourth-order valence-electron chi connectivity index (χ4n) is 2.60. The van der Waals surface area contributed by atoms with E-state index in [0.717, 1.165) is 25.0 Å². The largest absolute Gasteiger partial charge is 0.481 e. The van der Waals surface area contributed by atoms with Gasteiger partial charge in [-0.25, -0.2) is 4.98 Å². The topological polar surface area (TPSA) is 53.4 Å². The van der Waals surface area contributed by atoms with Crippen molar-refractivity contribution in [2.75, 3.05) is 18.0 Å². The summed E-state index contributed by atoms with van der Waals surface area (Å²) in [6.07, 6.45) is -0.834. The van der Waals surface area contributed by atoms with Gasteiger partial charge in [0, 0.05) is 25.7 Å². The van der Waals surface area contributed by atoms with Crippen LogP contribution in [0.25, 0.3) is 0 Å². The van der Waals surface area contributed by atoms with E-state index in [1.807, 2.05) is 4.90 Å². The minimum absolute atomic E-state index is 0.0918. The van der Waals surface area contributed by atoms with Crippen molar-refractivity contribution in [1.82, 2.24) is 4.98 Å². The van der Waals surface area contributed by atoms with E-state index in [2.05, 4.69) is 4.98 Å². The number of aliphatic carboxylic acids is 1. The number of aromatic nitrogens is 1. The molecule has 1 unspecified atom stereocenters. The predicted molar refractivity (Wildman–Crippen MR) is 71.0 cm³/mol. The fourth-order valence-corrected chi connectivity index (χ4v) is 2.60. The van der Waals surface area contributed by atoms with Crippen LogP contribution in [-0.2, 0) is 11.0 Å². The van der Waals surface area contributed by atoms with Crippen molar-refractivity contribution in [2.24, 2.45) is 5.92 Å². The van der Waals surface area contributed by atoms with Crippen molar-refractivity contribution >= 4 is 11.8 Å². The number of carbonyl (C=O) groups is 1. The maximum absolute atomic E-state index is 12.7. The van der Waals surface area contributed by atoms with Crippen molar-refractivity contribution in [2.45, 2.75) is 31.9 Å². The monoisotopic (exact) mass is 302 g/mol. The van der Waals surface area contributed by atoms with Gasteiger partial charge >= 0.3 is 12.1 Å². The highest BCUT2D eigenvalue weighted by molar-refractivity contribution is 5.66. The second-order valence-electron chi connectivity index (χ2n) is 5.29. The van der Waals surface area contributed by atoms with Crippen molar-refractivity contribution in [1.29, 1.82) is 0 Å². The maximum Gasteiger partial charge on any atom is 0.416 e. The van der Waals surface area contributed by atoms with Crippen molar-refractivity contribution in [3.63, 3.8) is 0 Å². The second-order valence-corrected chi connectivity index (χ2v) is 5.29. The zero-order chi connectivity index (χ0) is 15.5. The van der Waals surface area contributed by atoms with E-state index >= 15 is 0 Å². The van der Waals surface area contributed by atoms with Crippen LogP contribution in [0.15, 0.2) is 18.3 Å². The molecular formula is C14H17F3N2O2. The number of nitrogens with zero attached hydrogens (tertiary/aromatic N) is 2. The van der Waals surface area contributed by atoms with Crippen LogP contribution in [0.4, 0.5) is 19.0 Å². The lowest BCUT2D eigenvalue weighted by molar-refractivity contribution is -0.138. The average molecular weight is 302 g/mol. The first-order valence-electron chi connectivity index (χ1n) is 6.86. The Bertz CT molecular complexity index is 505. The number of anilines is 1. The highest BCUT2D eigenvalue weighted by Crippen LogP contribution is 2.32. The van der Waals surface area contributed by atoms with Crippen LogP contribution in [0.2, 0.25) is 0 Å². The number of carboxylic acid groups (broad SMARTS) is 1. The molecule has 0 radical (unpaired) electrons. The summed E-state index contributed by atoms with van der Waals surface area (Å²) in [6.45, 7) is 1.21. The van der Waals surface area contributed by atoms with E-state index in [1.54, 1.807) is 0 Å². The number of halogens is 3. The van der Waals surface area contributed by atoms with Gasteiger partial charge in [-0.3, -0.25) is 4.79 Å². The van der Waals surface area contributed by atoms with Gasteiger partial charge in [0.1, 0.15) is 5.82 Å². The van der Waals surface area contributed by atoms with Crippen LogP contribution in [0.5, 0.6) is 0 Å². The molecule has 1 aromatic rings. The van der Waals surface area contributed by atoms with Crippen molar-refractivity contribution in [3.8, 4) is 0 Å². The zero-order valence-electron chi connectivity index (χ0n) is 11.4. The highest BCUT2D eigenvalue weighted by Gasteiger charge is 2.31. The Labute approximate surface area is 120 Å². The molecule has 1 fully saturated rings. The van der Waals surface area contributed by atoms with E-state index in [1.165, 1.54) is 6.20 Å². The summed E-state index contributed by atoms with van der Waals surface area (Å²) >= 11 is 0. The zero-order valence-corrected chi connectivity index (χ0v) is 11.4. The number of pyridine rings is 1. The summed E-state index contributed by atoms with van der Waals surface area (Å²) in [5, 5.41) is 8.70. The van der Waals surface area contributed by atoms with E-state index in [9.17, 15) is 18.0 Å².